The van der Waals surface area contributed by atoms with E-state index in [-0.39, 0.29) is 27.2 Å². The van der Waals surface area contributed by atoms with Gasteiger partial charge in [-0.2, -0.15) is 0 Å². The van der Waals surface area contributed by atoms with Crippen LogP contribution in [0.2, 0.25) is 5.02 Å². The lowest BCUT2D eigenvalue weighted by molar-refractivity contribution is 0.0691. The predicted octanol–water partition coefficient (Wildman–Crippen LogP) is 3.52. The maximum atomic E-state index is 13.1. The van der Waals surface area contributed by atoms with Gasteiger partial charge < -0.3 is 30.8 Å². The Labute approximate surface area is 194 Å². The number of aromatic nitrogens is 2. The molecule has 10 heteroatoms. The molecule has 9 nitrogen and oxygen atoms in total. The van der Waals surface area contributed by atoms with Crippen molar-refractivity contribution < 1.29 is 14.6 Å². The van der Waals surface area contributed by atoms with Gasteiger partial charge in [-0.3, -0.25) is 4.79 Å². The van der Waals surface area contributed by atoms with Crippen molar-refractivity contribution in [1.29, 1.82) is 0 Å². The topological polar surface area (TPSA) is 131 Å². The van der Waals surface area contributed by atoms with E-state index in [1.807, 2.05) is 22.8 Å². The molecule has 0 atom stereocenters. The monoisotopic (exact) mass is 469 g/mol. The van der Waals surface area contributed by atoms with Gasteiger partial charge in [-0.25, -0.2) is 9.78 Å². The summed E-state index contributed by atoms with van der Waals surface area (Å²) in [5.74, 6) is -0.107. The number of anilines is 3. The number of benzene rings is 1. The van der Waals surface area contributed by atoms with E-state index in [4.69, 9.17) is 22.1 Å². The van der Waals surface area contributed by atoms with Crippen molar-refractivity contribution in [2.75, 3.05) is 36.1 Å². The molecule has 2 aromatic heterocycles. The van der Waals surface area contributed by atoms with E-state index in [1.54, 1.807) is 6.20 Å². The van der Waals surface area contributed by atoms with Crippen LogP contribution in [0.4, 0.5) is 17.2 Å². The highest BCUT2D eigenvalue weighted by molar-refractivity contribution is 6.38. The van der Waals surface area contributed by atoms with E-state index in [9.17, 15) is 14.7 Å². The van der Waals surface area contributed by atoms with Crippen molar-refractivity contribution in [2.24, 2.45) is 0 Å². The highest BCUT2D eigenvalue weighted by atomic mass is 35.5. The maximum absolute atomic E-state index is 13.1. The molecule has 1 fully saturated rings. The number of halogens is 1. The minimum absolute atomic E-state index is 0.0532. The number of hydrogen-bond acceptors (Lipinski definition) is 7. The van der Waals surface area contributed by atoms with Crippen LogP contribution in [0, 0.1) is 0 Å². The van der Waals surface area contributed by atoms with Gasteiger partial charge in [0.05, 0.1) is 28.2 Å². The van der Waals surface area contributed by atoms with Crippen LogP contribution in [-0.4, -0.2) is 40.3 Å². The number of carboxylic acid groups (broad SMARTS) is 1. The van der Waals surface area contributed by atoms with Crippen molar-refractivity contribution in [3.8, 4) is 5.75 Å². The van der Waals surface area contributed by atoms with Crippen molar-refractivity contribution in [3.63, 3.8) is 0 Å². The third-order valence-electron chi connectivity index (χ3n) is 6.61. The first-order chi connectivity index (χ1) is 15.9. The highest BCUT2D eigenvalue weighted by Crippen LogP contribution is 2.51. The molecule has 0 saturated heterocycles. The average molecular weight is 470 g/mol. The summed E-state index contributed by atoms with van der Waals surface area (Å²) in [6.45, 7) is 1.47. The molecule has 33 heavy (non-hydrogen) atoms. The fourth-order valence-electron chi connectivity index (χ4n) is 4.76. The molecule has 0 bridgehead atoms. The summed E-state index contributed by atoms with van der Waals surface area (Å²) in [6, 6.07) is 5.61. The van der Waals surface area contributed by atoms with Gasteiger partial charge in [0.15, 0.2) is 5.75 Å². The number of aromatic carboxylic acids is 1. The van der Waals surface area contributed by atoms with Crippen LogP contribution in [0.1, 0.15) is 36.0 Å². The molecule has 1 aliphatic heterocycles. The number of nitrogens with one attached hydrogen (secondary N) is 2. The van der Waals surface area contributed by atoms with Gasteiger partial charge in [0.1, 0.15) is 17.1 Å². The Kier molecular flexibility index (Phi) is 5.28. The third kappa shape index (κ3) is 3.43. The summed E-state index contributed by atoms with van der Waals surface area (Å²) in [7, 11) is 0. The van der Waals surface area contributed by atoms with Crippen molar-refractivity contribution in [1.82, 2.24) is 9.55 Å². The number of nitrogens with zero attached hydrogens (tertiary/aromatic N) is 2. The zero-order valence-electron chi connectivity index (χ0n) is 17.9. The molecule has 0 unspecified atom stereocenters. The van der Waals surface area contributed by atoms with Crippen LogP contribution in [-0.2, 0) is 5.54 Å². The van der Waals surface area contributed by atoms with E-state index < -0.39 is 11.4 Å². The molecule has 0 radical (unpaired) electrons. The number of nitrogen functional groups attached to an aromatic ring is 1. The third-order valence-corrected chi connectivity index (χ3v) is 7.00. The first-order valence-corrected chi connectivity index (χ1v) is 11.3. The van der Waals surface area contributed by atoms with E-state index in [0.717, 1.165) is 25.1 Å². The lowest BCUT2D eigenvalue weighted by atomic mass is 9.74. The Morgan fingerprint density at radius 2 is 2.06 bits per heavy atom. The van der Waals surface area contributed by atoms with Gasteiger partial charge in [-0.15, -0.1) is 0 Å². The number of ether oxygens (including phenoxy) is 1. The Bertz CT molecular complexity index is 1300. The molecule has 1 aromatic carbocycles. The van der Waals surface area contributed by atoms with Gasteiger partial charge in [0.25, 0.3) is 0 Å². The summed E-state index contributed by atoms with van der Waals surface area (Å²) in [5.41, 5.74) is 6.13. The van der Waals surface area contributed by atoms with Gasteiger partial charge in [-0.1, -0.05) is 17.7 Å². The number of hydrogen-bond donors (Lipinski definition) is 4. The summed E-state index contributed by atoms with van der Waals surface area (Å²) >= 11 is 6.61. The lowest BCUT2D eigenvalue weighted by Crippen LogP contribution is -2.42. The van der Waals surface area contributed by atoms with E-state index in [0.29, 0.717) is 43.1 Å². The van der Waals surface area contributed by atoms with Crippen LogP contribution in [0.3, 0.4) is 0 Å². The minimum atomic E-state index is -1.29. The molecular formula is C23H24ClN5O4. The Morgan fingerprint density at radius 3 is 2.73 bits per heavy atom. The molecule has 3 heterocycles. The molecule has 5 N–H and O–H groups in total. The smallest absolute Gasteiger partial charge is 0.341 e. The SMILES string of the molecule is Nc1c(Cl)c(NCCNc2ccccn2)c2c3c1c(=O)c(C(=O)O)cn3C1(CCC1)CCO2. The molecule has 172 valence electrons. The number of carboxylic acids is 1. The first kappa shape index (κ1) is 21.4. The summed E-state index contributed by atoms with van der Waals surface area (Å²) in [4.78, 5) is 29.2. The lowest BCUT2D eigenvalue weighted by Gasteiger charge is -2.44. The van der Waals surface area contributed by atoms with Crippen molar-refractivity contribution in [3.05, 3.63) is 51.4 Å². The quantitative estimate of drug-likeness (QED) is 0.318. The number of pyridine rings is 2. The summed E-state index contributed by atoms with van der Waals surface area (Å²) < 4.78 is 8.05. The fraction of sp³-hybridized carbons (Fsp3) is 0.348. The average Bonchev–Trinajstić information content (AvgIpc) is 2.95. The van der Waals surface area contributed by atoms with Gasteiger partial charge >= 0.3 is 5.97 Å². The minimum Gasteiger partial charge on any atom is -0.489 e. The number of fused-ring (bicyclic) bond motifs is 1. The predicted molar refractivity (Wildman–Crippen MR) is 128 cm³/mol. The normalized spacial score (nSPS) is 16.0. The number of rotatable bonds is 6. The van der Waals surface area contributed by atoms with Gasteiger partial charge in [-0.05, 0) is 31.4 Å². The molecule has 0 amide bonds. The second kappa shape index (κ2) is 8.15. The molecule has 2 aliphatic rings. The van der Waals surface area contributed by atoms with Gasteiger partial charge in [0.2, 0.25) is 5.43 Å². The standard InChI is InChI=1S/C23H24ClN5O4/c24-16-17(25)15-19-21(18(16)28-10-9-27-14-4-1-2-8-26-14)33-11-7-23(5-3-6-23)29(19)12-13(20(15)30)22(31)32/h1-2,4,8,12,28H,3,5-7,9-11,25H2,(H,26,27)(H,31,32). The van der Waals surface area contributed by atoms with Gasteiger partial charge in [0, 0.05) is 37.4 Å². The van der Waals surface area contributed by atoms with E-state index >= 15 is 0 Å². The number of carbonyl (C=O) groups is 1. The van der Waals surface area contributed by atoms with Crippen LogP contribution < -0.4 is 26.5 Å². The Balaban J connectivity index is 1.61. The van der Waals surface area contributed by atoms with Crippen LogP contribution >= 0.6 is 11.6 Å². The van der Waals surface area contributed by atoms with Crippen LogP contribution in [0.25, 0.3) is 10.9 Å². The summed E-state index contributed by atoms with van der Waals surface area (Å²) in [6.07, 6.45) is 6.65. The highest BCUT2D eigenvalue weighted by Gasteiger charge is 2.42. The second-order valence-corrected chi connectivity index (χ2v) is 8.83. The molecule has 1 saturated carbocycles. The largest absolute Gasteiger partial charge is 0.489 e. The first-order valence-electron chi connectivity index (χ1n) is 10.9. The number of nitrogens with two attached hydrogens (primary N) is 1. The maximum Gasteiger partial charge on any atom is 0.341 e. The van der Waals surface area contributed by atoms with E-state index in [2.05, 4.69) is 15.6 Å². The molecular weight excluding hydrogens is 446 g/mol. The van der Waals surface area contributed by atoms with Crippen LogP contribution in [0.15, 0.2) is 35.4 Å². The zero-order valence-corrected chi connectivity index (χ0v) is 18.6. The fourth-order valence-corrected chi connectivity index (χ4v) is 5.01. The zero-order chi connectivity index (χ0) is 23.2. The molecule has 1 aliphatic carbocycles. The van der Waals surface area contributed by atoms with Crippen molar-refractivity contribution >= 4 is 45.7 Å². The summed E-state index contributed by atoms with van der Waals surface area (Å²) in [5, 5.41) is 16.4. The second-order valence-electron chi connectivity index (χ2n) is 8.45. The van der Waals surface area contributed by atoms with E-state index in [1.165, 1.54) is 6.20 Å². The van der Waals surface area contributed by atoms with Crippen molar-refractivity contribution in [2.45, 2.75) is 31.2 Å². The molecule has 5 rings (SSSR count). The molecule has 1 spiro atoms. The Morgan fingerprint density at radius 1 is 1.27 bits per heavy atom. The Hall–Kier alpha value is -3.46. The molecule has 3 aromatic rings. The van der Waals surface area contributed by atoms with Crippen LogP contribution in [0.5, 0.6) is 5.75 Å².